The molecule has 6 rings (SSSR count). The number of hydrogen-bond acceptors (Lipinski definition) is 6. The Morgan fingerprint density at radius 1 is 1.04 bits per heavy atom. The molecule has 2 atom stereocenters. The molecule has 0 aliphatic carbocycles. The summed E-state index contributed by atoms with van der Waals surface area (Å²) in [6.07, 6.45) is 14.5. The Kier molecular flexibility index (Phi) is 15.6. The van der Waals surface area contributed by atoms with Crippen molar-refractivity contribution in [1.82, 2.24) is 10.3 Å². The fraction of sp³-hybridized carbons (Fsp3) is 0.375. The second kappa shape index (κ2) is 18.4. The van der Waals surface area contributed by atoms with Gasteiger partial charge < -0.3 is 28.9 Å². The molecular weight excluding hydrogens is 1060 g/mol. The monoisotopic (exact) mass is 1110 g/mol. The number of rotatable bonds is 11. The molecule has 2 aliphatic rings. The number of aromatic amines is 1. The Bertz CT molecular complexity index is 1800. The van der Waals surface area contributed by atoms with E-state index in [0.717, 1.165) is 46.9 Å². The van der Waals surface area contributed by atoms with Crippen LogP contribution in [0.4, 0.5) is 0 Å². The Balaban J connectivity index is 0.000000337. The van der Waals surface area contributed by atoms with Gasteiger partial charge in [-0.15, -0.1) is 61.5 Å². The van der Waals surface area contributed by atoms with Crippen LogP contribution in [0.1, 0.15) is 72.8 Å². The fourth-order valence-electron chi connectivity index (χ4n) is 5.47. The summed E-state index contributed by atoms with van der Waals surface area (Å²) in [4.78, 5) is 14.0. The van der Waals surface area contributed by atoms with E-state index in [0.29, 0.717) is 30.1 Å². The van der Waals surface area contributed by atoms with Crippen molar-refractivity contribution in [3.05, 3.63) is 119 Å². The summed E-state index contributed by atoms with van der Waals surface area (Å²) in [7, 11) is 0. The molecule has 2 N–H and O–H groups in total. The summed E-state index contributed by atoms with van der Waals surface area (Å²) in [6, 6.07) is 19.7. The maximum absolute atomic E-state index is 11.0. The van der Waals surface area contributed by atoms with Gasteiger partial charge in [-0.05, 0) is 77.7 Å². The number of H-pyrrole nitrogens is 1. The average molecular weight is 1110 g/mol. The second-order valence-electron chi connectivity index (χ2n) is 13.5. The minimum Gasteiger partial charge on any atom is -0.533 e. The molecule has 1 unspecified atom stereocenters. The topological polar surface area (TPSA) is 95.6 Å². The molecule has 4 aromatic rings. The van der Waals surface area contributed by atoms with Crippen molar-refractivity contribution in [2.45, 2.75) is 90.5 Å². The smallest absolute Gasteiger partial charge is 0.533 e. The zero-order chi connectivity index (χ0) is 33.6. The first-order chi connectivity index (χ1) is 22.4. The van der Waals surface area contributed by atoms with E-state index in [4.69, 9.17) is 18.6 Å². The molecule has 9 heteroatoms. The van der Waals surface area contributed by atoms with Gasteiger partial charge in [0.05, 0.1) is 23.9 Å². The van der Waals surface area contributed by atoms with Crippen LogP contribution in [0.2, 0.25) is 0 Å². The molecule has 49 heavy (non-hydrogen) atoms. The third-order valence-corrected chi connectivity index (χ3v) is 8.78. The van der Waals surface area contributed by atoms with E-state index < -0.39 is 0 Å². The SMILES string of the molecule is O=c1ccc2[c-]c3cc[nH]c3cc2o1.[CH2-]/C=C(\C)CC[C@H]1O[C-](C=Cc2[c-]cc(OC/C=C(\C)CCC3NC3(C)C)cc2)OC1(C)C.[U+2].[U+2]. The van der Waals surface area contributed by atoms with Gasteiger partial charge in [-0.1, -0.05) is 28.8 Å². The minimum absolute atomic E-state index is 0. The Labute approximate surface area is 338 Å². The molecule has 0 amide bonds. The van der Waals surface area contributed by atoms with E-state index in [9.17, 15) is 4.79 Å². The van der Waals surface area contributed by atoms with E-state index in [2.05, 4.69) is 77.0 Å². The van der Waals surface area contributed by atoms with E-state index in [1.807, 2.05) is 54.8 Å². The van der Waals surface area contributed by atoms with Crippen LogP contribution >= 0.6 is 0 Å². The van der Waals surface area contributed by atoms with Crippen molar-refractivity contribution in [2.75, 3.05) is 6.61 Å². The molecule has 2 aliphatic heterocycles. The molecule has 0 bridgehead atoms. The van der Waals surface area contributed by atoms with Crippen LogP contribution in [-0.4, -0.2) is 34.9 Å². The first-order valence-corrected chi connectivity index (χ1v) is 16.3. The van der Waals surface area contributed by atoms with Crippen molar-refractivity contribution in [2.24, 2.45) is 0 Å². The zero-order valence-electron chi connectivity index (χ0n) is 29.4. The Hall–Kier alpha value is -2.07. The summed E-state index contributed by atoms with van der Waals surface area (Å²) >= 11 is 0. The van der Waals surface area contributed by atoms with Crippen LogP contribution in [0.15, 0.2) is 87.2 Å². The summed E-state index contributed by atoms with van der Waals surface area (Å²) < 4.78 is 23.0. The molecule has 2 fully saturated rings. The van der Waals surface area contributed by atoms with Crippen molar-refractivity contribution in [3.8, 4) is 5.75 Å². The third kappa shape index (κ3) is 12.0. The first-order valence-electron chi connectivity index (χ1n) is 16.3. The molecule has 7 nitrogen and oxygen atoms in total. The van der Waals surface area contributed by atoms with Crippen molar-refractivity contribution < 1.29 is 80.9 Å². The zero-order valence-corrected chi connectivity index (χ0v) is 37.7. The minimum atomic E-state index is -0.348. The van der Waals surface area contributed by atoms with Crippen LogP contribution in [0.5, 0.6) is 5.75 Å². The van der Waals surface area contributed by atoms with Crippen LogP contribution in [-0.2, 0) is 9.47 Å². The summed E-state index contributed by atoms with van der Waals surface area (Å²) in [5.41, 5.74) is 4.70. The van der Waals surface area contributed by atoms with Crippen LogP contribution in [0.3, 0.4) is 0 Å². The molecule has 2 saturated heterocycles. The Morgan fingerprint density at radius 2 is 1.80 bits per heavy atom. The molecular formula is C40H46N2O5U2. The summed E-state index contributed by atoms with van der Waals surface area (Å²) in [6.45, 7) is 17.3. The van der Waals surface area contributed by atoms with Gasteiger partial charge in [0.15, 0.2) is 0 Å². The largest absolute Gasteiger partial charge is 2.00 e. The van der Waals surface area contributed by atoms with Crippen molar-refractivity contribution in [1.29, 1.82) is 0 Å². The van der Waals surface area contributed by atoms with Gasteiger partial charge in [0, 0.05) is 23.6 Å². The quantitative estimate of drug-likeness (QED) is 0.0677. The van der Waals surface area contributed by atoms with E-state index in [-0.39, 0.29) is 79.6 Å². The summed E-state index contributed by atoms with van der Waals surface area (Å²) in [5.74, 6) is 0.817. The predicted molar refractivity (Wildman–Crippen MR) is 189 cm³/mol. The van der Waals surface area contributed by atoms with Gasteiger partial charge in [-0.3, -0.25) is 0 Å². The van der Waals surface area contributed by atoms with Crippen molar-refractivity contribution in [3.63, 3.8) is 0 Å². The van der Waals surface area contributed by atoms with E-state index >= 15 is 0 Å². The normalized spacial score (nSPS) is 19.7. The van der Waals surface area contributed by atoms with Gasteiger partial charge in [0.1, 0.15) is 0 Å². The van der Waals surface area contributed by atoms with Crippen LogP contribution < -0.4 is 15.7 Å². The number of ether oxygens (including phenoxy) is 3. The number of benzene rings is 2. The van der Waals surface area contributed by atoms with Gasteiger partial charge in [-0.2, -0.15) is 5.56 Å². The van der Waals surface area contributed by atoms with E-state index in [1.165, 1.54) is 23.6 Å². The van der Waals surface area contributed by atoms with Crippen LogP contribution in [0.25, 0.3) is 27.9 Å². The molecule has 0 radical (unpaired) electrons. The third-order valence-electron chi connectivity index (χ3n) is 8.78. The number of aromatic nitrogens is 1. The van der Waals surface area contributed by atoms with Crippen molar-refractivity contribution >= 4 is 27.9 Å². The van der Waals surface area contributed by atoms with Gasteiger partial charge >= 0.3 is 67.9 Å². The molecule has 0 saturated carbocycles. The number of nitrogens with one attached hydrogen (secondary N) is 2. The maximum atomic E-state index is 11.0. The molecule has 254 valence electrons. The first kappa shape index (κ1) is 41.4. The molecule has 4 heterocycles. The van der Waals surface area contributed by atoms with Crippen LogP contribution in [0, 0.1) is 87.6 Å². The van der Waals surface area contributed by atoms with Gasteiger partial charge in [-0.25, -0.2) is 23.4 Å². The van der Waals surface area contributed by atoms with Gasteiger partial charge in [0.2, 0.25) is 0 Å². The predicted octanol–water partition coefficient (Wildman–Crippen LogP) is 8.67. The number of allylic oxidation sites excluding steroid dienone is 3. The average Bonchev–Trinajstić information content (AvgIpc) is 3.30. The molecule has 2 aromatic carbocycles. The van der Waals surface area contributed by atoms with E-state index in [1.54, 1.807) is 6.07 Å². The second-order valence-corrected chi connectivity index (χ2v) is 13.5. The Morgan fingerprint density at radius 3 is 2.49 bits per heavy atom. The molecule has 0 spiro atoms. The standard InChI is InChI=1S/C29H40NO3.C11H6NO2.2U/c1-8-21(2)10-17-26-29(6,7)33-27(32-26)18-13-23-11-14-24(15-12-23)31-20-19-22(3)9-16-25-28(4,5)30-25;13-11-2-1-8-5-7-3-4-12-9(7)6-10(8)14-11;;/h8,11,13-15,18-19,25-26,30H,1,9-10,16-17,20H2,2-7H3;1-4,6,12H;;/q-3;-1;2*+2/b18-13?,21-8+,22-19+;;;/t25?,26-;;;/m1.../s1. The van der Waals surface area contributed by atoms with Gasteiger partial charge in [0.25, 0.3) is 0 Å². The number of hydrogen-bond donors (Lipinski definition) is 2. The summed E-state index contributed by atoms with van der Waals surface area (Å²) in [5, 5.41) is 5.32. The fourth-order valence-corrected chi connectivity index (χ4v) is 5.47. The molecule has 2 aromatic heterocycles. The number of fused-ring (bicyclic) bond motifs is 2. The maximum Gasteiger partial charge on any atom is 2.00 e.